The molecule has 2 atom stereocenters. The maximum absolute atomic E-state index is 12.7. The van der Waals surface area contributed by atoms with E-state index in [2.05, 4.69) is 33.4 Å². The Morgan fingerprint density at radius 1 is 1.05 bits per heavy atom. The standard InChI is InChI=1S/C17H31N3OS/c1-2-18-9-11-19(12-10-18)8-7-17(21)20-13-14-22-16-6-4-3-5-15(16)20/h15-16H,2-14H2,1H3/t15-,16+/m1/s1. The number of thioether (sulfide) groups is 1. The van der Waals surface area contributed by atoms with Crippen LogP contribution in [0.25, 0.3) is 0 Å². The SMILES string of the molecule is CCN1CCN(CCC(=O)N2CCS[C@H]3CCCC[C@H]32)CC1. The van der Waals surface area contributed by atoms with Crippen LogP contribution in [0.15, 0.2) is 0 Å². The van der Waals surface area contributed by atoms with Crippen LogP contribution in [0.3, 0.4) is 0 Å². The summed E-state index contributed by atoms with van der Waals surface area (Å²) >= 11 is 2.11. The minimum absolute atomic E-state index is 0.412. The molecule has 1 aliphatic carbocycles. The van der Waals surface area contributed by atoms with Crippen molar-refractivity contribution in [1.29, 1.82) is 0 Å². The highest BCUT2D eigenvalue weighted by Crippen LogP contribution is 2.35. The van der Waals surface area contributed by atoms with Crippen molar-refractivity contribution >= 4 is 17.7 Å². The van der Waals surface area contributed by atoms with E-state index in [1.807, 2.05) is 0 Å². The van der Waals surface area contributed by atoms with Crippen molar-refractivity contribution in [2.45, 2.75) is 50.3 Å². The molecule has 0 spiro atoms. The molecule has 4 nitrogen and oxygen atoms in total. The molecule has 0 aromatic carbocycles. The van der Waals surface area contributed by atoms with Gasteiger partial charge in [0.25, 0.3) is 0 Å². The lowest BCUT2D eigenvalue weighted by Gasteiger charge is -2.44. The highest BCUT2D eigenvalue weighted by molar-refractivity contribution is 8.00. The fraction of sp³-hybridized carbons (Fsp3) is 0.941. The van der Waals surface area contributed by atoms with Gasteiger partial charge in [-0.25, -0.2) is 0 Å². The maximum atomic E-state index is 12.7. The highest BCUT2D eigenvalue weighted by Gasteiger charge is 2.36. The van der Waals surface area contributed by atoms with Crippen molar-refractivity contribution in [3.8, 4) is 0 Å². The minimum Gasteiger partial charge on any atom is -0.338 e. The lowest BCUT2D eigenvalue weighted by molar-refractivity contribution is -0.134. The van der Waals surface area contributed by atoms with Crippen molar-refractivity contribution in [2.75, 3.05) is 51.6 Å². The summed E-state index contributed by atoms with van der Waals surface area (Å²) < 4.78 is 0. The summed E-state index contributed by atoms with van der Waals surface area (Å²) in [4.78, 5) is 19.9. The third-order valence-electron chi connectivity index (χ3n) is 5.61. The Labute approximate surface area is 139 Å². The van der Waals surface area contributed by atoms with Crippen LogP contribution >= 0.6 is 11.8 Å². The van der Waals surface area contributed by atoms with Gasteiger partial charge in [-0.15, -0.1) is 0 Å². The van der Waals surface area contributed by atoms with Gasteiger partial charge in [0.15, 0.2) is 0 Å². The second-order valence-corrected chi connectivity index (χ2v) is 8.22. The summed E-state index contributed by atoms with van der Waals surface area (Å²) in [5.74, 6) is 1.55. The Bertz CT molecular complexity index is 369. The van der Waals surface area contributed by atoms with E-state index in [9.17, 15) is 4.79 Å². The molecule has 3 fully saturated rings. The van der Waals surface area contributed by atoms with E-state index >= 15 is 0 Å². The number of piperazine rings is 1. The van der Waals surface area contributed by atoms with E-state index in [1.54, 1.807) is 0 Å². The molecule has 2 heterocycles. The van der Waals surface area contributed by atoms with Crippen molar-refractivity contribution in [3.05, 3.63) is 0 Å². The Kier molecular flexibility index (Phi) is 6.05. The Hall–Kier alpha value is -0.260. The third-order valence-corrected chi connectivity index (χ3v) is 7.00. The van der Waals surface area contributed by atoms with Crippen LogP contribution in [0.5, 0.6) is 0 Å². The second-order valence-electron chi connectivity index (χ2n) is 6.87. The van der Waals surface area contributed by atoms with E-state index in [1.165, 1.54) is 25.7 Å². The molecule has 5 heteroatoms. The van der Waals surface area contributed by atoms with E-state index in [-0.39, 0.29) is 0 Å². The van der Waals surface area contributed by atoms with Gasteiger partial charge < -0.3 is 14.7 Å². The van der Waals surface area contributed by atoms with Crippen molar-refractivity contribution in [3.63, 3.8) is 0 Å². The molecule has 3 aliphatic rings. The third kappa shape index (κ3) is 3.98. The predicted molar refractivity (Wildman–Crippen MR) is 93.4 cm³/mol. The first-order chi connectivity index (χ1) is 10.8. The number of hydrogen-bond acceptors (Lipinski definition) is 4. The Balaban J connectivity index is 1.45. The molecule has 0 bridgehead atoms. The number of hydrogen-bond donors (Lipinski definition) is 0. The first-order valence-corrected chi connectivity index (χ1v) is 10.2. The zero-order chi connectivity index (χ0) is 15.4. The van der Waals surface area contributed by atoms with Crippen molar-refractivity contribution < 1.29 is 4.79 Å². The van der Waals surface area contributed by atoms with Crippen LogP contribution < -0.4 is 0 Å². The van der Waals surface area contributed by atoms with Gasteiger partial charge in [-0.3, -0.25) is 4.79 Å². The van der Waals surface area contributed by atoms with E-state index in [0.29, 0.717) is 11.9 Å². The van der Waals surface area contributed by atoms with Crippen molar-refractivity contribution in [1.82, 2.24) is 14.7 Å². The van der Waals surface area contributed by atoms with Crippen LogP contribution in [0.1, 0.15) is 39.0 Å². The van der Waals surface area contributed by atoms with Gasteiger partial charge >= 0.3 is 0 Å². The van der Waals surface area contributed by atoms with Gasteiger partial charge in [-0.1, -0.05) is 19.8 Å². The summed E-state index contributed by atoms with van der Waals surface area (Å²) in [6.45, 7) is 9.90. The van der Waals surface area contributed by atoms with Gasteiger partial charge in [0.2, 0.25) is 5.91 Å². The number of carbonyl (C=O) groups excluding carboxylic acids is 1. The summed E-state index contributed by atoms with van der Waals surface area (Å²) in [5, 5.41) is 0.722. The zero-order valence-electron chi connectivity index (χ0n) is 14.0. The summed E-state index contributed by atoms with van der Waals surface area (Å²) in [7, 11) is 0. The maximum Gasteiger partial charge on any atom is 0.224 e. The van der Waals surface area contributed by atoms with Gasteiger partial charge in [0.05, 0.1) is 0 Å². The molecule has 2 saturated heterocycles. The molecule has 2 aliphatic heterocycles. The predicted octanol–water partition coefficient (Wildman–Crippen LogP) is 1.90. The fourth-order valence-electron chi connectivity index (χ4n) is 4.13. The van der Waals surface area contributed by atoms with Crippen LogP contribution in [0.4, 0.5) is 0 Å². The highest BCUT2D eigenvalue weighted by atomic mass is 32.2. The van der Waals surface area contributed by atoms with Crippen LogP contribution in [-0.4, -0.2) is 83.5 Å². The molecule has 1 amide bonds. The normalized spacial score (nSPS) is 31.0. The van der Waals surface area contributed by atoms with Crippen molar-refractivity contribution in [2.24, 2.45) is 0 Å². The summed E-state index contributed by atoms with van der Waals surface area (Å²) in [6, 6.07) is 0.539. The zero-order valence-corrected chi connectivity index (χ0v) is 14.8. The first-order valence-electron chi connectivity index (χ1n) is 9.13. The number of fused-ring (bicyclic) bond motifs is 1. The van der Waals surface area contributed by atoms with Crippen LogP contribution in [0, 0.1) is 0 Å². The van der Waals surface area contributed by atoms with Gasteiger partial charge in [0, 0.05) is 62.7 Å². The van der Waals surface area contributed by atoms with Gasteiger partial charge in [0.1, 0.15) is 0 Å². The molecule has 126 valence electrons. The number of nitrogens with zero attached hydrogens (tertiary/aromatic N) is 3. The molecule has 0 aromatic rings. The number of amides is 1. The molecule has 0 unspecified atom stereocenters. The quantitative estimate of drug-likeness (QED) is 0.789. The average molecular weight is 326 g/mol. The van der Waals surface area contributed by atoms with Crippen LogP contribution in [0.2, 0.25) is 0 Å². The largest absolute Gasteiger partial charge is 0.338 e. The molecule has 3 rings (SSSR count). The molecule has 0 aromatic heterocycles. The van der Waals surface area contributed by atoms with Gasteiger partial charge in [-0.2, -0.15) is 11.8 Å². The average Bonchev–Trinajstić information content (AvgIpc) is 2.59. The summed E-state index contributed by atoms with van der Waals surface area (Å²) in [6.07, 6.45) is 5.94. The lowest BCUT2D eigenvalue weighted by Crippen LogP contribution is -2.52. The topological polar surface area (TPSA) is 26.8 Å². The van der Waals surface area contributed by atoms with Gasteiger partial charge in [-0.05, 0) is 19.4 Å². The monoisotopic (exact) mass is 325 g/mol. The lowest BCUT2D eigenvalue weighted by atomic mass is 9.93. The molecule has 22 heavy (non-hydrogen) atoms. The van der Waals surface area contributed by atoms with Crippen LogP contribution in [-0.2, 0) is 4.79 Å². The second kappa shape index (κ2) is 8.02. The molecular weight excluding hydrogens is 294 g/mol. The minimum atomic E-state index is 0.412. The fourth-order valence-corrected chi connectivity index (χ4v) is 5.58. The molecule has 1 saturated carbocycles. The number of likely N-dealkylation sites (N-methyl/N-ethyl adjacent to an activating group) is 1. The van der Waals surface area contributed by atoms with E-state index in [4.69, 9.17) is 0 Å². The molecule has 0 radical (unpaired) electrons. The Morgan fingerprint density at radius 3 is 2.55 bits per heavy atom. The number of rotatable bonds is 4. The molecule has 0 N–H and O–H groups in total. The van der Waals surface area contributed by atoms with E-state index in [0.717, 1.165) is 63.2 Å². The first kappa shape index (κ1) is 16.6. The Morgan fingerprint density at radius 2 is 1.77 bits per heavy atom. The number of carbonyl (C=O) groups is 1. The summed E-state index contributed by atoms with van der Waals surface area (Å²) in [5.41, 5.74) is 0. The smallest absolute Gasteiger partial charge is 0.224 e. The van der Waals surface area contributed by atoms with E-state index < -0.39 is 0 Å². The molecular formula is C17H31N3OS.